The lowest BCUT2D eigenvalue weighted by atomic mass is 10.3. The fourth-order valence-corrected chi connectivity index (χ4v) is 4.66. The molecule has 3 aromatic rings. The third-order valence-electron chi connectivity index (χ3n) is 4.38. The van der Waals surface area contributed by atoms with E-state index in [4.69, 9.17) is 4.42 Å². The number of allylic oxidation sites excluding steroid dienone is 1. The first-order valence-electron chi connectivity index (χ1n) is 8.33. The average Bonchev–Trinajstić information content (AvgIpc) is 3.27. The number of hydrogen-bond donors (Lipinski definition) is 1. The van der Waals surface area contributed by atoms with E-state index in [1.807, 2.05) is 6.92 Å². The van der Waals surface area contributed by atoms with Crippen molar-refractivity contribution in [3.8, 4) is 0 Å². The second kappa shape index (κ2) is 7.28. The summed E-state index contributed by atoms with van der Waals surface area (Å²) in [5.74, 6) is -0.220. The van der Waals surface area contributed by atoms with Crippen LogP contribution in [0.4, 0.5) is 5.82 Å². The number of carbonyl (C=O) groups excluding carboxylic acids is 1. The second-order valence-electron chi connectivity index (χ2n) is 6.04. The summed E-state index contributed by atoms with van der Waals surface area (Å²) in [7, 11) is -3.84. The summed E-state index contributed by atoms with van der Waals surface area (Å²) < 4.78 is 33.4. The monoisotopic (exact) mass is 384 g/mol. The lowest BCUT2D eigenvalue weighted by molar-refractivity contribution is 0.0995. The van der Waals surface area contributed by atoms with Crippen LogP contribution >= 0.6 is 0 Å². The normalized spacial score (nSPS) is 11.3. The number of anilines is 1. The highest BCUT2D eigenvalue weighted by Crippen LogP contribution is 2.35. The molecule has 0 spiro atoms. The van der Waals surface area contributed by atoms with E-state index in [9.17, 15) is 13.2 Å². The van der Waals surface area contributed by atoms with Crippen LogP contribution in [-0.4, -0.2) is 18.9 Å². The number of nitrogens with zero attached hydrogens (tertiary/aromatic N) is 1. The summed E-state index contributed by atoms with van der Waals surface area (Å²) in [6, 6.07) is 11.3. The van der Waals surface area contributed by atoms with Crippen LogP contribution in [0.3, 0.4) is 0 Å². The summed E-state index contributed by atoms with van der Waals surface area (Å²) in [6.07, 6.45) is 3.03. The van der Waals surface area contributed by atoms with E-state index >= 15 is 0 Å². The Labute approximate surface area is 158 Å². The molecule has 0 saturated carbocycles. The van der Waals surface area contributed by atoms with Crippen molar-refractivity contribution in [1.82, 2.24) is 4.57 Å². The molecular weight excluding hydrogens is 364 g/mol. The third kappa shape index (κ3) is 3.33. The molecule has 0 radical (unpaired) electrons. The molecule has 1 aromatic carbocycles. The molecule has 0 aliphatic rings. The van der Waals surface area contributed by atoms with Crippen LogP contribution in [0.1, 0.15) is 21.8 Å². The van der Waals surface area contributed by atoms with Gasteiger partial charge in [0.05, 0.1) is 11.2 Å². The first-order valence-corrected chi connectivity index (χ1v) is 9.81. The zero-order chi connectivity index (χ0) is 19.6. The summed E-state index contributed by atoms with van der Waals surface area (Å²) in [6.45, 7) is 7.62. The minimum absolute atomic E-state index is 0.0768. The minimum atomic E-state index is -3.84. The van der Waals surface area contributed by atoms with E-state index < -0.39 is 15.7 Å². The molecular formula is C20H20N2O4S. The molecule has 0 aliphatic carbocycles. The smallest absolute Gasteiger partial charge is 0.292 e. The quantitative estimate of drug-likeness (QED) is 0.652. The van der Waals surface area contributed by atoms with Gasteiger partial charge in [0.2, 0.25) is 9.84 Å². The van der Waals surface area contributed by atoms with Crippen molar-refractivity contribution < 1.29 is 17.6 Å². The van der Waals surface area contributed by atoms with Gasteiger partial charge in [0.25, 0.3) is 5.91 Å². The van der Waals surface area contributed by atoms with Crippen LogP contribution in [0.2, 0.25) is 0 Å². The number of hydrogen-bond acceptors (Lipinski definition) is 4. The number of nitrogens with one attached hydrogen (secondary N) is 1. The summed E-state index contributed by atoms with van der Waals surface area (Å²) in [5, 5.41) is 2.71. The van der Waals surface area contributed by atoms with E-state index in [0.717, 1.165) is 5.69 Å². The van der Waals surface area contributed by atoms with Crippen molar-refractivity contribution >= 4 is 21.6 Å². The molecule has 2 aromatic heterocycles. The van der Waals surface area contributed by atoms with E-state index in [2.05, 4.69) is 11.9 Å². The van der Waals surface area contributed by atoms with Crippen LogP contribution in [0.25, 0.3) is 0 Å². The number of aromatic nitrogens is 1. The van der Waals surface area contributed by atoms with Gasteiger partial charge >= 0.3 is 0 Å². The van der Waals surface area contributed by atoms with Gasteiger partial charge in [-0.3, -0.25) is 4.79 Å². The number of furan rings is 1. The van der Waals surface area contributed by atoms with Gasteiger partial charge in [0, 0.05) is 12.2 Å². The molecule has 2 heterocycles. The lowest BCUT2D eigenvalue weighted by Crippen LogP contribution is -2.17. The first kappa shape index (κ1) is 18.7. The van der Waals surface area contributed by atoms with E-state index in [0.29, 0.717) is 12.1 Å². The predicted molar refractivity (Wildman–Crippen MR) is 103 cm³/mol. The Hall–Kier alpha value is -3.06. The Balaban J connectivity index is 2.20. The van der Waals surface area contributed by atoms with Gasteiger partial charge in [0.15, 0.2) is 5.76 Å². The number of benzene rings is 1. The van der Waals surface area contributed by atoms with Gasteiger partial charge in [-0.2, -0.15) is 0 Å². The second-order valence-corrected chi connectivity index (χ2v) is 7.92. The number of rotatable bonds is 6. The maximum absolute atomic E-state index is 13.3. The molecule has 1 N–H and O–H groups in total. The molecule has 0 atom stereocenters. The predicted octanol–water partition coefficient (Wildman–Crippen LogP) is 3.97. The fraction of sp³-hybridized carbons (Fsp3) is 0.150. The van der Waals surface area contributed by atoms with Gasteiger partial charge in [-0.1, -0.05) is 24.3 Å². The number of sulfone groups is 1. The fourth-order valence-electron chi connectivity index (χ4n) is 2.94. The highest BCUT2D eigenvalue weighted by atomic mass is 32.2. The highest BCUT2D eigenvalue weighted by molar-refractivity contribution is 7.91. The van der Waals surface area contributed by atoms with Crippen molar-refractivity contribution in [3.63, 3.8) is 0 Å². The Kier molecular flexibility index (Phi) is 5.05. The van der Waals surface area contributed by atoms with Crippen LogP contribution < -0.4 is 5.32 Å². The van der Waals surface area contributed by atoms with Crippen LogP contribution in [0.5, 0.6) is 0 Å². The molecule has 0 bridgehead atoms. The van der Waals surface area contributed by atoms with E-state index in [1.54, 1.807) is 41.8 Å². The number of amides is 1. The zero-order valence-electron chi connectivity index (χ0n) is 15.1. The highest BCUT2D eigenvalue weighted by Gasteiger charge is 2.30. The molecule has 3 rings (SSSR count). The van der Waals surface area contributed by atoms with Gasteiger partial charge in [0.1, 0.15) is 10.7 Å². The van der Waals surface area contributed by atoms with Crippen molar-refractivity contribution in [2.45, 2.75) is 30.2 Å². The molecule has 0 saturated heterocycles. The standard InChI is InChI=1S/C20H20N2O4S/c1-4-12-22-15(3)14(2)18(27(24,25)16-9-6-5-7-10-16)19(22)21-20(23)17-11-8-13-26-17/h4-11,13H,1,12H2,2-3H3,(H,21,23). The van der Waals surface area contributed by atoms with Crippen molar-refractivity contribution in [2.75, 3.05) is 5.32 Å². The molecule has 7 heteroatoms. The lowest BCUT2D eigenvalue weighted by Gasteiger charge is -2.12. The molecule has 27 heavy (non-hydrogen) atoms. The Morgan fingerprint density at radius 1 is 1.19 bits per heavy atom. The minimum Gasteiger partial charge on any atom is -0.459 e. The molecule has 0 unspecified atom stereocenters. The molecule has 0 aliphatic heterocycles. The summed E-state index contributed by atoms with van der Waals surface area (Å²) in [5.41, 5.74) is 1.31. The maximum Gasteiger partial charge on any atom is 0.292 e. The van der Waals surface area contributed by atoms with Crippen molar-refractivity contribution in [1.29, 1.82) is 0 Å². The third-order valence-corrected chi connectivity index (χ3v) is 6.31. The molecule has 6 nitrogen and oxygen atoms in total. The zero-order valence-corrected chi connectivity index (χ0v) is 15.9. The average molecular weight is 384 g/mol. The van der Waals surface area contributed by atoms with Gasteiger partial charge in [-0.25, -0.2) is 8.42 Å². The van der Waals surface area contributed by atoms with Crippen LogP contribution in [-0.2, 0) is 16.4 Å². The van der Waals surface area contributed by atoms with Gasteiger partial charge in [-0.05, 0) is 43.7 Å². The molecule has 0 fully saturated rings. The van der Waals surface area contributed by atoms with Gasteiger partial charge < -0.3 is 14.3 Å². The largest absolute Gasteiger partial charge is 0.459 e. The van der Waals surface area contributed by atoms with Gasteiger partial charge in [-0.15, -0.1) is 6.58 Å². The van der Waals surface area contributed by atoms with E-state index in [-0.39, 0.29) is 21.4 Å². The maximum atomic E-state index is 13.3. The number of carbonyl (C=O) groups is 1. The van der Waals surface area contributed by atoms with E-state index in [1.165, 1.54) is 24.5 Å². The first-order chi connectivity index (χ1) is 12.9. The molecule has 140 valence electrons. The SMILES string of the molecule is C=CCn1c(C)c(C)c(S(=O)(=O)c2ccccc2)c1NC(=O)c1ccco1. The Bertz CT molecular complexity index is 1080. The van der Waals surface area contributed by atoms with Crippen molar-refractivity contribution in [3.05, 3.63) is 78.4 Å². The Morgan fingerprint density at radius 2 is 1.89 bits per heavy atom. The Morgan fingerprint density at radius 3 is 2.48 bits per heavy atom. The molecule has 1 amide bonds. The van der Waals surface area contributed by atoms with Crippen LogP contribution in [0.15, 0.2) is 75.6 Å². The summed E-state index contributed by atoms with van der Waals surface area (Å²) >= 11 is 0. The topological polar surface area (TPSA) is 81.3 Å². The van der Waals surface area contributed by atoms with Crippen LogP contribution in [0, 0.1) is 13.8 Å². The van der Waals surface area contributed by atoms with Crippen molar-refractivity contribution in [2.24, 2.45) is 0 Å². The summed E-state index contributed by atoms with van der Waals surface area (Å²) in [4.78, 5) is 12.8.